The van der Waals surface area contributed by atoms with Gasteiger partial charge in [0.15, 0.2) is 0 Å². The van der Waals surface area contributed by atoms with Gasteiger partial charge in [-0.05, 0) is 6.92 Å². The monoisotopic (exact) mass is 282 g/mol. The van der Waals surface area contributed by atoms with Crippen LogP contribution in [0.3, 0.4) is 0 Å². The molecular formula is C8H15IN2O. The Morgan fingerprint density at radius 1 is 1.42 bits per heavy atom. The maximum absolute atomic E-state index is 10.9. The van der Waals surface area contributed by atoms with Crippen LogP contribution < -0.4 is 5.56 Å². The number of rotatable bonds is 0. The first-order valence-corrected chi connectivity index (χ1v) is 3.70. The molecule has 0 saturated carbocycles. The Bertz CT molecular complexity index is 247. The van der Waals surface area contributed by atoms with E-state index in [0.717, 1.165) is 0 Å². The van der Waals surface area contributed by atoms with Crippen molar-refractivity contribution >= 4 is 24.0 Å². The number of hydrogen-bond acceptors (Lipinski definition) is 2. The van der Waals surface area contributed by atoms with Gasteiger partial charge in [-0.2, -0.15) is 0 Å². The molecular weight excluding hydrogens is 267 g/mol. The molecule has 0 N–H and O–H groups in total. The van der Waals surface area contributed by atoms with Crippen LogP contribution in [0.4, 0.5) is 0 Å². The molecule has 1 aromatic rings. The first-order chi connectivity index (χ1) is 5.22. The van der Waals surface area contributed by atoms with Crippen molar-refractivity contribution in [3.8, 4) is 0 Å². The van der Waals surface area contributed by atoms with Gasteiger partial charge < -0.3 is 4.57 Å². The topological polar surface area (TPSA) is 34.9 Å². The summed E-state index contributed by atoms with van der Waals surface area (Å²) in [4.78, 5) is 14.7. The van der Waals surface area contributed by atoms with Crippen molar-refractivity contribution in [2.45, 2.75) is 20.8 Å². The predicted molar refractivity (Wildman–Crippen MR) is 61.0 cm³/mol. The highest BCUT2D eigenvalue weighted by Crippen LogP contribution is 1.77. The van der Waals surface area contributed by atoms with Gasteiger partial charge in [-0.25, -0.2) is 0 Å². The summed E-state index contributed by atoms with van der Waals surface area (Å²) in [7, 11) is 1.71. The van der Waals surface area contributed by atoms with Gasteiger partial charge in [0.05, 0.1) is 0 Å². The van der Waals surface area contributed by atoms with Gasteiger partial charge in [0.2, 0.25) is 0 Å². The molecule has 1 aromatic heterocycles. The van der Waals surface area contributed by atoms with E-state index in [1.165, 1.54) is 4.57 Å². The molecule has 0 aromatic carbocycles. The molecule has 1 rings (SSSR count). The highest BCUT2D eigenvalue weighted by atomic mass is 127. The van der Waals surface area contributed by atoms with Gasteiger partial charge in [-0.15, -0.1) is 24.0 Å². The molecule has 0 radical (unpaired) electrons. The van der Waals surface area contributed by atoms with E-state index in [-0.39, 0.29) is 29.5 Å². The minimum atomic E-state index is -0.0301. The minimum absolute atomic E-state index is 0. The molecule has 0 aliphatic heterocycles. The molecule has 70 valence electrons. The molecule has 0 unspecified atom stereocenters. The van der Waals surface area contributed by atoms with Crippen molar-refractivity contribution in [3.63, 3.8) is 0 Å². The smallest absolute Gasteiger partial charge is 0.271 e. The second kappa shape index (κ2) is 7.27. The van der Waals surface area contributed by atoms with Crippen LogP contribution in [0.5, 0.6) is 0 Å². The first-order valence-electron chi connectivity index (χ1n) is 3.70. The molecule has 1 heterocycles. The number of hydrogen-bond donors (Lipinski definition) is 0. The Morgan fingerprint density at radius 3 is 2.25 bits per heavy atom. The van der Waals surface area contributed by atoms with Gasteiger partial charge in [-0.1, -0.05) is 13.8 Å². The Balaban J connectivity index is 0. The molecule has 3 nitrogen and oxygen atoms in total. The predicted octanol–water partition coefficient (Wildman–Crippen LogP) is 1.73. The lowest BCUT2D eigenvalue weighted by Crippen LogP contribution is -2.19. The summed E-state index contributed by atoms with van der Waals surface area (Å²) in [6, 6.07) is 0. The molecule has 0 aliphatic carbocycles. The lowest BCUT2D eigenvalue weighted by molar-refractivity contribution is 0.822. The third-order valence-corrected chi connectivity index (χ3v) is 1.19. The molecule has 0 amide bonds. The van der Waals surface area contributed by atoms with Crippen molar-refractivity contribution < 1.29 is 0 Å². The van der Waals surface area contributed by atoms with Crippen LogP contribution in [-0.2, 0) is 7.05 Å². The molecule has 0 bridgehead atoms. The van der Waals surface area contributed by atoms with E-state index in [4.69, 9.17) is 0 Å². The fourth-order valence-corrected chi connectivity index (χ4v) is 0.623. The number of halogens is 1. The van der Waals surface area contributed by atoms with Crippen LogP contribution in [0.1, 0.15) is 19.5 Å². The average Bonchev–Trinajstić information content (AvgIpc) is 2.04. The van der Waals surface area contributed by atoms with Gasteiger partial charge in [0.1, 0.15) is 5.69 Å². The minimum Gasteiger partial charge on any atom is -0.316 e. The van der Waals surface area contributed by atoms with Crippen LogP contribution in [0.15, 0.2) is 17.2 Å². The Morgan fingerprint density at radius 2 is 1.92 bits per heavy atom. The molecule has 0 spiro atoms. The number of nitrogens with zero attached hydrogens (tertiary/aromatic N) is 2. The normalized spacial score (nSPS) is 7.67. The summed E-state index contributed by atoms with van der Waals surface area (Å²) in [5.74, 6) is 0. The number of aryl methyl sites for hydroxylation is 2. The highest BCUT2D eigenvalue weighted by Gasteiger charge is 1.91. The molecule has 0 aliphatic rings. The van der Waals surface area contributed by atoms with Gasteiger partial charge in [-0.3, -0.25) is 9.78 Å². The summed E-state index contributed by atoms with van der Waals surface area (Å²) in [6.45, 7) is 5.70. The van der Waals surface area contributed by atoms with Crippen LogP contribution in [0, 0.1) is 6.92 Å². The van der Waals surface area contributed by atoms with Crippen LogP contribution in [0.25, 0.3) is 0 Å². The van der Waals surface area contributed by atoms with Crippen molar-refractivity contribution in [2.75, 3.05) is 0 Å². The van der Waals surface area contributed by atoms with Gasteiger partial charge in [0.25, 0.3) is 5.56 Å². The molecule has 0 saturated heterocycles. The largest absolute Gasteiger partial charge is 0.316 e. The third kappa shape index (κ3) is 3.85. The van der Waals surface area contributed by atoms with E-state index in [2.05, 4.69) is 4.98 Å². The fourth-order valence-electron chi connectivity index (χ4n) is 0.623. The van der Waals surface area contributed by atoms with E-state index < -0.39 is 0 Å². The van der Waals surface area contributed by atoms with Crippen LogP contribution >= 0.6 is 24.0 Å². The van der Waals surface area contributed by atoms with Crippen LogP contribution in [-0.4, -0.2) is 9.55 Å². The zero-order valence-corrected chi connectivity index (χ0v) is 10.2. The summed E-state index contributed by atoms with van der Waals surface area (Å²) >= 11 is 0. The quantitative estimate of drug-likeness (QED) is 0.679. The Kier molecular flexibility index (Phi) is 8.57. The van der Waals surface area contributed by atoms with E-state index in [0.29, 0.717) is 5.69 Å². The average molecular weight is 282 g/mol. The molecule has 0 atom stereocenters. The van der Waals surface area contributed by atoms with E-state index in [1.807, 2.05) is 13.8 Å². The first kappa shape index (κ1) is 14.2. The molecule has 4 heteroatoms. The molecule has 12 heavy (non-hydrogen) atoms. The maximum Gasteiger partial charge on any atom is 0.271 e. The standard InChI is InChI=1S/C6H8N2O.C2H6.HI/c1-5-6(9)8(2)4-3-7-5;1-2;/h3-4H,1-2H3;1-2H3;1H. The second-order valence-electron chi connectivity index (χ2n) is 1.93. The van der Waals surface area contributed by atoms with Crippen molar-refractivity contribution in [1.29, 1.82) is 0 Å². The second-order valence-corrected chi connectivity index (χ2v) is 1.93. The van der Waals surface area contributed by atoms with Gasteiger partial charge in [0, 0.05) is 19.4 Å². The van der Waals surface area contributed by atoms with Crippen LogP contribution in [0.2, 0.25) is 0 Å². The van der Waals surface area contributed by atoms with E-state index >= 15 is 0 Å². The highest BCUT2D eigenvalue weighted by molar-refractivity contribution is 14.0. The molecule has 0 fully saturated rings. The van der Waals surface area contributed by atoms with Crippen molar-refractivity contribution in [3.05, 3.63) is 28.4 Å². The third-order valence-electron chi connectivity index (χ3n) is 1.19. The van der Waals surface area contributed by atoms with E-state index in [1.54, 1.807) is 26.4 Å². The van der Waals surface area contributed by atoms with Crippen molar-refractivity contribution in [2.24, 2.45) is 7.05 Å². The Labute approximate surface area is 89.9 Å². The zero-order valence-electron chi connectivity index (χ0n) is 7.87. The summed E-state index contributed by atoms with van der Waals surface area (Å²) in [5.41, 5.74) is 0.512. The summed E-state index contributed by atoms with van der Waals surface area (Å²) in [5, 5.41) is 0. The van der Waals surface area contributed by atoms with E-state index in [9.17, 15) is 4.79 Å². The number of aromatic nitrogens is 2. The SMILES string of the molecule is CC.Cc1nccn(C)c1=O.I. The van der Waals surface area contributed by atoms with Crippen molar-refractivity contribution in [1.82, 2.24) is 9.55 Å². The summed E-state index contributed by atoms with van der Waals surface area (Å²) in [6.07, 6.45) is 3.24. The fraction of sp³-hybridized carbons (Fsp3) is 0.500. The Hall–Kier alpha value is -0.390. The summed E-state index contributed by atoms with van der Waals surface area (Å²) < 4.78 is 1.50. The lowest BCUT2D eigenvalue weighted by atomic mass is 10.5. The van der Waals surface area contributed by atoms with Gasteiger partial charge >= 0.3 is 0 Å². The zero-order chi connectivity index (χ0) is 8.85. The lowest BCUT2D eigenvalue weighted by Gasteiger charge is -1.93. The maximum atomic E-state index is 10.9.